The molecule has 1 atom stereocenters. The van der Waals surface area contributed by atoms with Crippen LogP contribution in [0.4, 0.5) is 0 Å². The van der Waals surface area contributed by atoms with Gasteiger partial charge in [0, 0.05) is 24.1 Å². The Morgan fingerprint density at radius 3 is 3.10 bits per heavy atom. The van der Waals surface area contributed by atoms with Crippen LogP contribution in [0, 0.1) is 6.92 Å². The van der Waals surface area contributed by atoms with Gasteiger partial charge in [0.25, 0.3) is 11.8 Å². The summed E-state index contributed by atoms with van der Waals surface area (Å²) in [5, 5.41) is 12.5. The number of hydrogen-bond donors (Lipinski definition) is 1. The Morgan fingerprint density at radius 2 is 2.45 bits per heavy atom. The van der Waals surface area contributed by atoms with E-state index in [0.717, 1.165) is 5.75 Å². The van der Waals surface area contributed by atoms with E-state index in [9.17, 15) is 9.59 Å². The van der Waals surface area contributed by atoms with Crippen molar-refractivity contribution in [3.63, 3.8) is 0 Å². The van der Waals surface area contributed by atoms with Gasteiger partial charge in [0.15, 0.2) is 6.61 Å². The van der Waals surface area contributed by atoms with Crippen LogP contribution in [0.5, 0.6) is 5.88 Å². The topological polar surface area (TPSA) is 92.9 Å². The standard InChI is InChI=1S/C12H16N2O5S/c1-8-4-10(13-19-8)18-6-11(15)14-2-3-20-7-9(14)5-12(16)17/h4,9H,2-3,5-7H2,1H3,(H,16,17). The zero-order chi connectivity index (χ0) is 14.5. The van der Waals surface area contributed by atoms with Gasteiger partial charge in [0.1, 0.15) is 5.76 Å². The number of carbonyl (C=O) groups is 2. The van der Waals surface area contributed by atoms with Crippen LogP contribution in [0.2, 0.25) is 0 Å². The third-order valence-electron chi connectivity index (χ3n) is 2.91. The van der Waals surface area contributed by atoms with Gasteiger partial charge in [0.2, 0.25) is 0 Å². The van der Waals surface area contributed by atoms with Gasteiger partial charge in [-0.25, -0.2) is 0 Å². The Labute approximate surface area is 120 Å². The largest absolute Gasteiger partial charge is 0.481 e. The van der Waals surface area contributed by atoms with E-state index in [2.05, 4.69) is 5.16 Å². The first-order valence-corrected chi connectivity index (χ1v) is 7.37. The SMILES string of the molecule is Cc1cc(OCC(=O)N2CCSCC2CC(=O)O)no1. The fraction of sp³-hybridized carbons (Fsp3) is 0.583. The monoisotopic (exact) mass is 300 g/mol. The molecular formula is C12H16N2O5S. The summed E-state index contributed by atoms with van der Waals surface area (Å²) in [5.41, 5.74) is 0. The Bertz CT molecular complexity index is 490. The summed E-state index contributed by atoms with van der Waals surface area (Å²) in [6.45, 7) is 2.11. The number of hydrogen-bond acceptors (Lipinski definition) is 6. The molecule has 2 heterocycles. The number of aromatic nitrogens is 1. The van der Waals surface area contributed by atoms with Crippen molar-refractivity contribution in [2.45, 2.75) is 19.4 Å². The highest BCUT2D eigenvalue weighted by Gasteiger charge is 2.29. The summed E-state index contributed by atoms with van der Waals surface area (Å²) in [5.74, 6) is 1.19. The quantitative estimate of drug-likeness (QED) is 0.859. The molecule has 1 aromatic heterocycles. The maximum atomic E-state index is 12.1. The van der Waals surface area contributed by atoms with Crippen LogP contribution in [0.25, 0.3) is 0 Å². The fourth-order valence-corrected chi connectivity index (χ4v) is 3.05. The van der Waals surface area contributed by atoms with E-state index in [0.29, 0.717) is 18.1 Å². The second-order valence-corrected chi connectivity index (χ2v) is 5.63. The molecule has 8 heteroatoms. The van der Waals surface area contributed by atoms with Gasteiger partial charge in [-0.2, -0.15) is 11.8 Å². The van der Waals surface area contributed by atoms with Crippen LogP contribution in [0.3, 0.4) is 0 Å². The van der Waals surface area contributed by atoms with Gasteiger partial charge in [-0.05, 0) is 12.1 Å². The summed E-state index contributed by atoms with van der Waals surface area (Å²) in [6, 6.07) is 1.31. The van der Waals surface area contributed by atoms with Crippen LogP contribution in [0.15, 0.2) is 10.6 Å². The highest BCUT2D eigenvalue weighted by molar-refractivity contribution is 7.99. The van der Waals surface area contributed by atoms with Crippen LogP contribution >= 0.6 is 11.8 Å². The molecule has 0 spiro atoms. The van der Waals surface area contributed by atoms with Crippen molar-refractivity contribution in [3.8, 4) is 5.88 Å². The molecule has 1 saturated heterocycles. The van der Waals surface area contributed by atoms with Gasteiger partial charge in [-0.1, -0.05) is 0 Å². The molecule has 1 unspecified atom stereocenters. The van der Waals surface area contributed by atoms with Crippen molar-refractivity contribution in [2.75, 3.05) is 24.7 Å². The number of nitrogens with zero attached hydrogens (tertiary/aromatic N) is 2. The number of aryl methyl sites for hydroxylation is 1. The molecule has 2 rings (SSSR count). The number of amides is 1. The van der Waals surface area contributed by atoms with Crippen LogP contribution in [-0.4, -0.2) is 57.7 Å². The summed E-state index contributed by atoms with van der Waals surface area (Å²) in [6.07, 6.45) is -0.0399. The molecule has 0 bridgehead atoms. The predicted octanol–water partition coefficient (Wildman–Crippen LogP) is 0.781. The molecule has 7 nitrogen and oxygen atoms in total. The zero-order valence-corrected chi connectivity index (χ0v) is 11.9. The lowest BCUT2D eigenvalue weighted by molar-refractivity contribution is -0.141. The smallest absolute Gasteiger partial charge is 0.305 e. The third-order valence-corrected chi connectivity index (χ3v) is 4.00. The second-order valence-electron chi connectivity index (χ2n) is 4.48. The second kappa shape index (κ2) is 6.65. The molecule has 0 radical (unpaired) electrons. The van der Waals surface area contributed by atoms with E-state index in [1.165, 1.54) is 0 Å². The molecule has 1 aliphatic rings. The minimum Gasteiger partial charge on any atom is -0.481 e. The van der Waals surface area contributed by atoms with Gasteiger partial charge in [-0.15, -0.1) is 0 Å². The van der Waals surface area contributed by atoms with Gasteiger partial charge >= 0.3 is 5.97 Å². The number of carboxylic acids is 1. The average molecular weight is 300 g/mol. The lowest BCUT2D eigenvalue weighted by Gasteiger charge is -2.34. The molecule has 0 saturated carbocycles. The Kier molecular flexibility index (Phi) is 4.89. The average Bonchev–Trinajstić information content (AvgIpc) is 2.82. The number of ether oxygens (including phenoxy) is 1. The Hall–Kier alpha value is -1.70. The van der Waals surface area contributed by atoms with E-state index in [4.69, 9.17) is 14.4 Å². The molecule has 1 aliphatic heterocycles. The van der Waals surface area contributed by atoms with Crippen LogP contribution < -0.4 is 4.74 Å². The zero-order valence-electron chi connectivity index (χ0n) is 11.1. The minimum absolute atomic E-state index is 0.0399. The van der Waals surface area contributed by atoms with Gasteiger partial charge in [-0.3, -0.25) is 9.59 Å². The van der Waals surface area contributed by atoms with Gasteiger partial charge in [0.05, 0.1) is 12.5 Å². The van der Waals surface area contributed by atoms with Crippen molar-refractivity contribution in [1.29, 1.82) is 0 Å². The number of aliphatic carboxylic acids is 1. The maximum Gasteiger partial charge on any atom is 0.305 e. The third kappa shape index (κ3) is 3.89. The number of carbonyl (C=O) groups excluding carboxylic acids is 1. The van der Waals surface area contributed by atoms with Crippen molar-refractivity contribution in [2.24, 2.45) is 0 Å². The number of thioether (sulfide) groups is 1. The van der Waals surface area contributed by atoms with Crippen molar-refractivity contribution >= 4 is 23.6 Å². The van der Waals surface area contributed by atoms with E-state index in [-0.39, 0.29) is 30.9 Å². The normalized spacial score (nSPS) is 18.9. The fourth-order valence-electron chi connectivity index (χ4n) is 1.98. The summed E-state index contributed by atoms with van der Waals surface area (Å²) >= 11 is 1.66. The first-order valence-electron chi connectivity index (χ1n) is 6.21. The first kappa shape index (κ1) is 14.7. The summed E-state index contributed by atoms with van der Waals surface area (Å²) in [4.78, 5) is 24.5. The van der Waals surface area contributed by atoms with E-state index >= 15 is 0 Å². The predicted molar refractivity (Wildman–Crippen MR) is 71.8 cm³/mol. The highest BCUT2D eigenvalue weighted by atomic mass is 32.2. The Morgan fingerprint density at radius 1 is 1.65 bits per heavy atom. The van der Waals surface area contributed by atoms with E-state index < -0.39 is 5.97 Å². The molecular weight excluding hydrogens is 284 g/mol. The minimum atomic E-state index is -0.900. The number of rotatable bonds is 5. The van der Waals surface area contributed by atoms with Gasteiger partial charge < -0.3 is 19.3 Å². The molecule has 110 valence electrons. The lowest BCUT2D eigenvalue weighted by atomic mass is 10.2. The highest BCUT2D eigenvalue weighted by Crippen LogP contribution is 2.19. The molecule has 20 heavy (non-hydrogen) atoms. The molecule has 0 aromatic carbocycles. The van der Waals surface area contributed by atoms with Crippen molar-refractivity contribution in [3.05, 3.63) is 11.8 Å². The first-order chi connectivity index (χ1) is 9.56. The molecule has 1 aromatic rings. The van der Waals surface area contributed by atoms with E-state index in [1.807, 2.05) is 0 Å². The van der Waals surface area contributed by atoms with Crippen molar-refractivity contribution < 1.29 is 24.0 Å². The summed E-state index contributed by atoms with van der Waals surface area (Å²) < 4.78 is 10.1. The number of carboxylic acid groups (broad SMARTS) is 1. The molecule has 1 N–H and O–H groups in total. The summed E-state index contributed by atoms with van der Waals surface area (Å²) in [7, 11) is 0. The lowest BCUT2D eigenvalue weighted by Crippen LogP contribution is -2.48. The Balaban J connectivity index is 1.90. The van der Waals surface area contributed by atoms with Crippen LogP contribution in [-0.2, 0) is 9.59 Å². The molecule has 1 fully saturated rings. The molecule has 1 amide bonds. The molecule has 0 aliphatic carbocycles. The van der Waals surface area contributed by atoms with Crippen LogP contribution in [0.1, 0.15) is 12.2 Å². The maximum absolute atomic E-state index is 12.1. The van der Waals surface area contributed by atoms with E-state index in [1.54, 1.807) is 29.7 Å². The van der Waals surface area contributed by atoms with Crippen molar-refractivity contribution in [1.82, 2.24) is 10.1 Å².